The Morgan fingerprint density at radius 2 is 2.05 bits per heavy atom. The number of hydrogen-bond acceptors (Lipinski definition) is 3. The van der Waals surface area contributed by atoms with Gasteiger partial charge < -0.3 is 15.0 Å². The van der Waals surface area contributed by atoms with E-state index in [1.807, 2.05) is 43.0 Å². The van der Waals surface area contributed by atoms with Gasteiger partial charge in [-0.2, -0.15) is 0 Å². The Morgan fingerprint density at radius 3 is 2.57 bits per heavy atom. The number of carbonyl (C=O) groups is 1. The normalized spacial score (nSPS) is 18.6. The van der Waals surface area contributed by atoms with Gasteiger partial charge in [-0.1, -0.05) is 28.1 Å². The van der Waals surface area contributed by atoms with E-state index < -0.39 is 0 Å². The van der Waals surface area contributed by atoms with Gasteiger partial charge in [-0.3, -0.25) is 0 Å². The summed E-state index contributed by atoms with van der Waals surface area (Å²) in [5, 5.41) is 3.85. The third-order valence-corrected chi connectivity index (χ3v) is 4.39. The van der Waals surface area contributed by atoms with Crippen molar-refractivity contribution in [2.75, 3.05) is 13.7 Å². The van der Waals surface area contributed by atoms with E-state index in [4.69, 9.17) is 17.0 Å². The molecule has 112 valence electrons. The maximum Gasteiger partial charge on any atom is 0.337 e. The first kappa shape index (κ1) is 16.0. The number of methoxy groups -OCH3 is 1. The molecule has 0 unspecified atom stereocenters. The van der Waals surface area contributed by atoms with Gasteiger partial charge in [0.05, 0.1) is 18.7 Å². The Morgan fingerprint density at radius 1 is 1.43 bits per heavy atom. The molecule has 1 aliphatic heterocycles. The summed E-state index contributed by atoms with van der Waals surface area (Å²) >= 11 is 8.81. The molecule has 0 saturated carbocycles. The summed E-state index contributed by atoms with van der Waals surface area (Å²) in [5.74, 6) is -0.339. The number of nitrogens with one attached hydrogen (secondary N) is 1. The number of benzene rings is 1. The largest absolute Gasteiger partial charge is 0.466 e. The van der Waals surface area contributed by atoms with Crippen LogP contribution < -0.4 is 5.32 Å². The SMILES string of the molecule is CCN1C(=S)N[C@@H](c2ccc(Br)cc2)C(C(=O)OC)=C1C. The van der Waals surface area contributed by atoms with Crippen LogP contribution in [0.3, 0.4) is 0 Å². The molecule has 21 heavy (non-hydrogen) atoms. The van der Waals surface area contributed by atoms with Gasteiger partial charge in [0.1, 0.15) is 0 Å². The van der Waals surface area contributed by atoms with Gasteiger partial charge in [-0.25, -0.2) is 4.79 Å². The van der Waals surface area contributed by atoms with Crippen LogP contribution in [0.2, 0.25) is 0 Å². The quantitative estimate of drug-likeness (QED) is 0.655. The summed E-state index contributed by atoms with van der Waals surface area (Å²) in [5.41, 5.74) is 2.40. The predicted molar refractivity (Wildman–Crippen MR) is 89.7 cm³/mol. The molecular weight excluding hydrogens is 352 g/mol. The van der Waals surface area contributed by atoms with Crippen molar-refractivity contribution in [3.05, 3.63) is 45.6 Å². The number of allylic oxidation sites excluding steroid dienone is 1. The lowest BCUT2D eigenvalue weighted by molar-refractivity contribution is -0.136. The van der Waals surface area contributed by atoms with Crippen molar-refractivity contribution in [1.82, 2.24) is 10.2 Å². The van der Waals surface area contributed by atoms with E-state index in [0.29, 0.717) is 17.2 Å². The molecule has 1 atom stereocenters. The summed E-state index contributed by atoms with van der Waals surface area (Å²) in [4.78, 5) is 14.1. The topological polar surface area (TPSA) is 41.6 Å². The molecule has 6 heteroatoms. The van der Waals surface area contributed by atoms with Crippen LogP contribution in [0.5, 0.6) is 0 Å². The average molecular weight is 369 g/mol. The van der Waals surface area contributed by atoms with Crippen molar-refractivity contribution in [1.29, 1.82) is 0 Å². The molecule has 0 bridgehead atoms. The van der Waals surface area contributed by atoms with Gasteiger partial charge >= 0.3 is 5.97 Å². The fourth-order valence-corrected chi connectivity index (χ4v) is 3.09. The second-order valence-corrected chi connectivity index (χ2v) is 5.97. The molecule has 0 radical (unpaired) electrons. The Labute approximate surface area is 138 Å². The predicted octanol–water partition coefficient (Wildman–Crippen LogP) is 3.15. The van der Waals surface area contributed by atoms with Crippen LogP contribution in [0.25, 0.3) is 0 Å². The third kappa shape index (κ3) is 3.11. The highest BCUT2D eigenvalue weighted by Gasteiger charge is 2.33. The minimum atomic E-state index is -0.339. The number of ether oxygens (including phenoxy) is 1. The number of carbonyl (C=O) groups excluding carboxylic acids is 1. The van der Waals surface area contributed by atoms with Crippen molar-refractivity contribution in [2.24, 2.45) is 0 Å². The Hall–Kier alpha value is -1.40. The molecule has 0 aliphatic carbocycles. The second-order valence-electron chi connectivity index (χ2n) is 4.67. The molecule has 0 spiro atoms. The maximum atomic E-state index is 12.2. The van der Waals surface area contributed by atoms with Crippen molar-refractivity contribution >= 4 is 39.2 Å². The standard InChI is InChI=1S/C15H17BrN2O2S/c1-4-18-9(2)12(14(19)20-3)13(17-15(18)21)10-5-7-11(16)8-6-10/h5-8,13H,4H2,1-3H3,(H,17,21)/t13-/m0/s1. The minimum Gasteiger partial charge on any atom is -0.466 e. The highest BCUT2D eigenvalue weighted by Crippen LogP contribution is 2.31. The van der Waals surface area contributed by atoms with Gasteiger partial charge in [-0.05, 0) is 43.8 Å². The first-order chi connectivity index (χ1) is 9.99. The van der Waals surface area contributed by atoms with E-state index in [9.17, 15) is 4.79 Å². The molecule has 1 aromatic carbocycles. The fraction of sp³-hybridized carbons (Fsp3) is 0.333. The summed E-state index contributed by atoms with van der Waals surface area (Å²) in [6.07, 6.45) is 0. The molecular formula is C15H17BrN2O2S. The molecule has 1 N–H and O–H groups in total. The van der Waals surface area contributed by atoms with Crippen molar-refractivity contribution in [3.63, 3.8) is 0 Å². The van der Waals surface area contributed by atoms with E-state index in [2.05, 4.69) is 21.2 Å². The van der Waals surface area contributed by atoms with Gasteiger partial charge in [0, 0.05) is 16.7 Å². The lowest BCUT2D eigenvalue weighted by Crippen LogP contribution is -2.47. The number of halogens is 1. The van der Waals surface area contributed by atoms with Gasteiger partial charge in [0.15, 0.2) is 5.11 Å². The molecule has 0 fully saturated rings. The van der Waals surface area contributed by atoms with E-state index in [1.165, 1.54) is 7.11 Å². The summed E-state index contributed by atoms with van der Waals surface area (Å²) in [6.45, 7) is 4.59. The van der Waals surface area contributed by atoms with E-state index in [-0.39, 0.29) is 12.0 Å². The smallest absolute Gasteiger partial charge is 0.337 e. The summed E-state index contributed by atoms with van der Waals surface area (Å²) in [6, 6.07) is 7.51. The monoisotopic (exact) mass is 368 g/mol. The number of thiocarbonyl (C=S) groups is 1. The highest BCUT2D eigenvalue weighted by molar-refractivity contribution is 9.10. The van der Waals surface area contributed by atoms with Crippen LogP contribution in [0, 0.1) is 0 Å². The van der Waals surface area contributed by atoms with Crippen molar-refractivity contribution < 1.29 is 9.53 Å². The first-order valence-corrected chi connectivity index (χ1v) is 7.82. The Bertz CT molecular complexity index is 598. The van der Waals surface area contributed by atoms with E-state index in [0.717, 1.165) is 15.7 Å². The number of rotatable bonds is 3. The first-order valence-electron chi connectivity index (χ1n) is 6.62. The van der Waals surface area contributed by atoms with Crippen LogP contribution in [-0.2, 0) is 9.53 Å². The fourth-order valence-electron chi connectivity index (χ4n) is 2.44. The summed E-state index contributed by atoms with van der Waals surface area (Å²) < 4.78 is 5.93. The van der Waals surface area contributed by atoms with Gasteiger partial charge in [-0.15, -0.1) is 0 Å². The Kier molecular flexibility index (Phi) is 5.00. The molecule has 0 saturated heterocycles. The highest BCUT2D eigenvalue weighted by atomic mass is 79.9. The zero-order valence-electron chi connectivity index (χ0n) is 12.1. The average Bonchev–Trinajstić information content (AvgIpc) is 2.47. The number of nitrogens with zero attached hydrogens (tertiary/aromatic N) is 1. The van der Waals surface area contributed by atoms with Crippen LogP contribution in [0.15, 0.2) is 40.0 Å². The third-order valence-electron chi connectivity index (χ3n) is 3.52. The molecule has 1 aliphatic rings. The number of hydrogen-bond donors (Lipinski definition) is 1. The van der Waals surface area contributed by atoms with Gasteiger partial charge in [0.25, 0.3) is 0 Å². The maximum absolute atomic E-state index is 12.2. The molecule has 2 rings (SSSR count). The van der Waals surface area contributed by atoms with Crippen molar-refractivity contribution in [2.45, 2.75) is 19.9 Å². The Balaban J connectivity index is 2.52. The van der Waals surface area contributed by atoms with Crippen molar-refractivity contribution in [3.8, 4) is 0 Å². The van der Waals surface area contributed by atoms with E-state index in [1.54, 1.807) is 0 Å². The number of esters is 1. The summed E-state index contributed by atoms with van der Waals surface area (Å²) in [7, 11) is 1.39. The van der Waals surface area contributed by atoms with Crippen LogP contribution in [0.4, 0.5) is 0 Å². The lowest BCUT2D eigenvalue weighted by Gasteiger charge is -2.36. The van der Waals surface area contributed by atoms with Crippen LogP contribution >= 0.6 is 28.1 Å². The molecule has 0 amide bonds. The zero-order chi connectivity index (χ0) is 15.6. The lowest BCUT2D eigenvalue weighted by atomic mass is 9.95. The molecule has 4 nitrogen and oxygen atoms in total. The zero-order valence-corrected chi connectivity index (χ0v) is 14.5. The second kappa shape index (κ2) is 6.58. The molecule has 1 heterocycles. The molecule has 1 aromatic rings. The van der Waals surface area contributed by atoms with Crippen LogP contribution in [0.1, 0.15) is 25.5 Å². The van der Waals surface area contributed by atoms with Crippen LogP contribution in [-0.4, -0.2) is 29.6 Å². The van der Waals surface area contributed by atoms with Gasteiger partial charge in [0.2, 0.25) is 0 Å². The molecule has 0 aromatic heterocycles. The minimum absolute atomic E-state index is 0.291. The van der Waals surface area contributed by atoms with E-state index >= 15 is 0 Å².